The normalized spacial score (nSPS) is 11.6. The van der Waals surface area contributed by atoms with Crippen LogP contribution in [-0.2, 0) is 12.7 Å². The third-order valence-electron chi connectivity index (χ3n) is 3.78. The molecule has 2 amide bonds. The van der Waals surface area contributed by atoms with Gasteiger partial charge in [-0.2, -0.15) is 18.3 Å². The van der Waals surface area contributed by atoms with E-state index in [4.69, 9.17) is 0 Å². The maximum absolute atomic E-state index is 12.9. The van der Waals surface area contributed by atoms with Crippen LogP contribution in [0.25, 0.3) is 0 Å². The summed E-state index contributed by atoms with van der Waals surface area (Å²) in [5, 5.41) is 8.72. The van der Waals surface area contributed by atoms with Crippen LogP contribution in [0, 0.1) is 6.92 Å². The number of hydrogen-bond acceptors (Lipinski definition) is 3. The van der Waals surface area contributed by atoms with Crippen molar-refractivity contribution in [3.63, 3.8) is 0 Å². The fourth-order valence-electron chi connectivity index (χ4n) is 2.52. The van der Waals surface area contributed by atoms with Gasteiger partial charge < -0.3 is 10.6 Å². The third kappa shape index (κ3) is 4.66. The molecule has 0 saturated carbocycles. The average molecular weight is 382 g/mol. The van der Waals surface area contributed by atoms with E-state index in [0.29, 0.717) is 11.6 Å². The zero-order valence-corrected chi connectivity index (χ0v) is 15.4. The lowest BCUT2D eigenvalue weighted by molar-refractivity contribution is -0.141. The smallest absolute Gasteiger partial charge is 0.350 e. The van der Waals surface area contributed by atoms with Gasteiger partial charge in [0, 0.05) is 18.7 Å². The van der Waals surface area contributed by atoms with E-state index in [1.54, 1.807) is 45.9 Å². The van der Waals surface area contributed by atoms with Crippen molar-refractivity contribution in [2.75, 3.05) is 5.32 Å². The molecule has 0 atom stereocenters. The predicted octanol–water partition coefficient (Wildman–Crippen LogP) is 3.62. The number of benzene rings is 1. The summed E-state index contributed by atoms with van der Waals surface area (Å²) in [5.74, 6) is -1.16. The van der Waals surface area contributed by atoms with Gasteiger partial charge in [0.2, 0.25) is 0 Å². The van der Waals surface area contributed by atoms with Crippen LogP contribution in [0.5, 0.6) is 0 Å². The molecule has 0 spiro atoms. The lowest BCUT2D eigenvalue weighted by atomic mass is 10.1. The molecule has 0 aliphatic heterocycles. The Morgan fingerprint density at radius 1 is 1.22 bits per heavy atom. The van der Waals surface area contributed by atoms with Crippen LogP contribution in [-0.4, -0.2) is 27.6 Å². The summed E-state index contributed by atoms with van der Waals surface area (Å²) in [6, 6.07) is 5.49. The minimum absolute atomic E-state index is 0.0906. The van der Waals surface area contributed by atoms with Crippen LogP contribution < -0.4 is 10.6 Å². The summed E-state index contributed by atoms with van der Waals surface area (Å²) in [6.07, 6.45) is -4.65. The Hall–Kier alpha value is -2.84. The van der Waals surface area contributed by atoms with Gasteiger partial charge in [-0.1, -0.05) is 12.1 Å². The second kappa shape index (κ2) is 7.81. The molecule has 0 radical (unpaired) electrons. The van der Waals surface area contributed by atoms with E-state index in [1.807, 2.05) is 0 Å². The molecule has 0 bridgehead atoms. The fourth-order valence-corrected chi connectivity index (χ4v) is 2.52. The molecule has 0 aliphatic rings. The van der Waals surface area contributed by atoms with Gasteiger partial charge in [-0.15, -0.1) is 0 Å². The van der Waals surface area contributed by atoms with Crippen molar-refractivity contribution in [1.82, 2.24) is 15.1 Å². The Kier molecular flexibility index (Phi) is 5.92. The minimum Gasteiger partial charge on any atom is -0.350 e. The summed E-state index contributed by atoms with van der Waals surface area (Å²) < 4.78 is 39.7. The maximum atomic E-state index is 12.9. The lowest BCUT2D eigenvalue weighted by Crippen LogP contribution is -2.31. The summed E-state index contributed by atoms with van der Waals surface area (Å²) in [7, 11) is 0. The Balaban J connectivity index is 2.39. The highest BCUT2D eigenvalue weighted by Crippen LogP contribution is 2.29. The topological polar surface area (TPSA) is 76.0 Å². The highest BCUT2D eigenvalue weighted by molar-refractivity contribution is 6.09. The summed E-state index contributed by atoms with van der Waals surface area (Å²) in [6.45, 7) is 6.96. The van der Waals surface area contributed by atoms with Gasteiger partial charge in [0.05, 0.1) is 11.3 Å². The van der Waals surface area contributed by atoms with Crippen LogP contribution in [0.1, 0.15) is 52.9 Å². The largest absolute Gasteiger partial charge is 0.435 e. The Morgan fingerprint density at radius 3 is 2.44 bits per heavy atom. The van der Waals surface area contributed by atoms with E-state index in [9.17, 15) is 22.8 Å². The van der Waals surface area contributed by atoms with E-state index < -0.39 is 17.8 Å². The average Bonchev–Trinajstić information content (AvgIpc) is 3.00. The standard InChI is InChI=1S/C18H21F3N4O2/c1-5-25-13(9-14(24-25)18(19,20)21)17(27)23-15-11(4)7-6-8-12(15)16(26)22-10(2)3/h6-10H,5H2,1-4H3,(H,22,26)(H,23,27). The van der Waals surface area contributed by atoms with Gasteiger partial charge in [0.15, 0.2) is 5.69 Å². The van der Waals surface area contributed by atoms with Crippen molar-refractivity contribution < 1.29 is 22.8 Å². The number of halogens is 3. The number of hydrogen-bond donors (Lipinski definition) is 2. The monoisotopic (exact) mass is 382 g/mol. The number of carbonyl (C=O) groups is 2. The molecular weight excluding hydrogens is 361 g/mol. The van der Waals surface area contributed by atoms with Crippen molar-refractivity contribution in [2.24, 2.45) is 0 Å². The number of rotatable bonds is 5. The highest BCUT2D eigenvalue weighted by Gasteiger charge is 2.35. The molecule has 2 aromatic rings. The van der Waals surface area contributed by atoms with Gasteiger partial charge in [-0.3, -0.25) is 14.3 Å². The molecule has 27 heavy (non-hydrogen) atoms. The summed E-state index contributed by atoms with van der Waals surface area (Å²) in [4.78, 5) is 25.0. The molecular formula is C18H21F3N4O2. The van der Waals surface area contributed by atoms with Crippen LogP contribution in [0.3, 0.4) is 0 Å². The molecule has 0 unspecified atom stereocenters. The Labute approximate surface area is 154 Å². The first-order chi connectivity index (χ1) is 12.5. The van der Waals surface area contributed by atoms with Crippen molar-refractivity contribution in [3.05, 3.63) is 46.8 Å². The number of nitrogens with one attached hydrogen (secondary N) is 2. The van der Waals surface area contributed by atoms with Crippen molar-refractivity contribution in [2.45, 2.75) is 46.5 Å². The summed E-state index contributed by atoms with van der Waals surface area (Å²) >= 11 is 0. The SMILES string of the molecule is CCn1nc(C(F)(F)F)cc1C(=O)Nc1c(C)cccc1C(=O)NC(C)C. The second-order valence-electron chi connectivity index (χ2n) is 6.31. The first-order valence-corrected chi connectivity index (χ1v) is 8.41. The lowest BCUT2D eigenvalue weighted by Gasteiger charge is -2.15. The molecule has 0 saturated heterocycles. The van der Waals surface area contributed by atoms with Gasteiger partial charge in [-0.25, -0.2) is 0 Å². The molecule has 1 aromatic carbocycles. The van der Waals surface area contributed by atoms with Crippen LogP contribution in [0.2, 0.25) is 0 Å². The second-order valence-corrected chi connectivity index (χ2v) is 6.31. The number of amides is 2. The molecule has 1 aromatic heterocycles. The van der Waals surface area contributed by atoms with E-state index in [2.05, 4.69) is 15.7 Å². The first kappa shape index (κ1) is 20.5. The number of carbonyl (C=O) groups excluding carboxylic acids is 2. The molecule has 2 N–H and O–H groups in total. The Morgan fingerprint density at radius 2 is 1.89 bits per heavy atom. The number of anilines is 1. The quantitative estimate of drug-likeness (QED) is 0.829. The Bertz CT molecular complexity index is 857. The number of para-hydroxylation sites is 1. The van der Waals surface area contributed by atoms with E-state index in [-0.39, 0.29) is 35.4 Å². The molecule has 9 heteroatoms. The van der Waals surface area contributed by atoms with E-state index in [0.717, 1.165) is 4.68 Å². The predicted molar refractivity (Wildman–Crippen MR) is 94.6 cm³/mol. The molecule has 6 nitrogen and oxygen atoms in total. The van der Waals surface area contributed by atoms with Crippen LogP contribution >= 0.6 is 0 Å². The fraction of sp³-hybridized carbons (Fsp3) is 0.389. The van der Waals surface area contributed by atoms with Gasteiger partial charge >= 0.3 is 6.18 Å². The highest BCUT2D eigenvalue weighted by atomic mass is 19.4. The molecule has 1 heterocycles. The first-order valence-electron chi connectivity index (χ1n) is 8.41. The molecule has 2 rings (SSSR count). The molecule has 0 fully saturated rings. The third-order valence-corrected chi connectivity index (χ3v) is 3.78. The van der Waals surface area contributed by atoms with Gasteiger partial charge in [0.1, 0.15) is 5.69 Å². The van der Waals surface area contributed by atoms with Crippen LogP contribution in [0.15, 0.2) is 24.3 Å². The van der Waals surface area contributed by atoms with Crippen molar-refractivity contribution in [3.8, 4) is 0 Å². The van der Waals surface area contributed by atoms with Crippen LogP contribution in [0.4, 0.5) is 18.9 Å². The minimum atomic E-state index is -4.65. The summed E-state index contributed by atoms with van der Waals surface area (Å²) in [5.41, 5.74) is -0.285. The number of aryl methyl sites for hydroxylation is 2. The van der Waals surface area contributed by atoms with Gasteiger partial charge in [-0.05, 0) is 39.3 Å². The van der Waals surface area contributed by atoms with Gasteiger partial charge in [0.25, 0.3) is 11.8 Å². The zero-order chi connectivity index (χ0) is 20.4. The zero-order valence-electron chi connectivity index (χ0n) is 15.4. The maximum Gasteiger partial charge on any atom is 0.435 e. The van der Waals surface area contributed by atoms with E-state index in [1.165, 1.54) is 0 Å². The van der Waals surface area contributed by atoms with E-state index >= 15 is 0 Å². The molecule has 0 aliphatic carbocycles. The molecule has 146 valence electrons. The van der Waals surface area contributed by atoms with Crippen molar-refractivity contribution >= 4 is 17.5 Å². The number of aromatic nitrogens is 2. The number of nitrogens with zero attached hydrogens (tertiary/aromatic N) is 2. The number of alkyl halides is 3. The van der Waals surface area contributed by atoms with Crippen molar-refractivity contribution in [1.29, 1.82) is 0 Å².